The van der Waals surface area contributed by atoms with E-state index in [1.165, 1.54) is 54.4 Å². The fourth-order valence-electron chi connectivity index (χ4n) is 4.17. The first-order chi connectivity index (χ1) is 20.5. The van der Waals surface area contributed by atoms with Crippen molar-refractivity contribution in [3.63, 3.8) is 0 Å². The van der Waals surface area contributed by atoms with Crippen molar-refractivity contribution in [2.45, 2.75) is 26.9 Å². The van der Waals surface area contributed by atoms with Gasteiger partial charge >= 0.3 is 5.97 Å². The Bertz CT molecular complexity index is 1820. The van der Waals surface area contributed by atoms with E-state index in [1.54, 1.807) is 18.2 Å². The summed E-state index contributed by atoms with van der Waals surface area (Å²) in [7, 11) is 0. The SMILES string of the molecule is CC(=O)Oc1c(Oc2ccc(Cl)cc2O)c(Oc2ccc(Cl)cc2O)c(OC(C)C)c2ccc(Cl)cc12.c1cc2ccc1-2. The Labute approximate surface area is 262 Å². The third-order valence-corrected chi connectivity index (χ3v) is 6.88. The number of carbonyl (C=O) groups excluding carboxylic acids is 1. The average Bonchev–Trinajstić information content (AvgIpc) is 2.92. The lowest BCUT2D eigenvalue weighted by atomic mass is 9.95. The molecule has 0 saturated carbocycles. The van der Waals surface area contributed by atoms with Crippen molar-refractivity contribution in [1.82, 2.24) is 0 Å². The zero-order valence-electron chi connectivity index (χ0n) is 23.2. The van der Waals surface area contributed by atoms with Gasteiger partial charge in [-0.1, -0.05) is 59.1 Å². The van der Waals surface area contributed by atoms with Crippen molar-refractivity contribution in [2.75, 3.05) is 0 Å². The van der Waals surface area contributed by atoms with Crippen LogP contribution in [0.2, 0.25) is 15.1 Å². The summed E-state index contributed by atoms with van der Waals surface area (Å²) >= 11 is 18.3. The molecule has 2 aliphatic rings. The number of carbonyl (C=O) groups is 1. The number of halogens is 3. The zero-order valence-corrected chi connectivity index (χ0v) is 25.4. The van der Waals surface area contributed by atoms with Gasteiger partial charge in [-0.2, -0.15) is 0 Å². The van der Waals surface area contributed by atoms with Crippen molar-refractivity contribution in [3.8, 4) is 57.1 Å². The van der Waals surface area contributed by atoms with Gasteiger partial charge in [0.05, 0.1) is 6.10 Å². The van der Waals surface area contributed by atoms with Crippen molar-refractivity contribution in [3.05, 3.63) is 93.9 Å². The Morgan fingerprint density at radius 2 is 1.09 bits per heavy atom. The maximum absolute atomic E-state index is 12.2. The number of phenolic OH excluding ortho intramolecular Hbond substituents is 2. The summed E-state index contributed by atoms with van der Waals surface area (Å²) in [6.45, 7) is 4.86. The first-order valence-corrected chi connectivity index (χ1v) is 14.2. The molecule has 43 heavy (non-hydrogen) atoms. The fourth-order valence-corrected chi connectivity index (χ4v) is 4.68. The lowest BCUT2D eigenvalue weighted by Crippen LogP contribution is -2.10. The second-order valence-corrected chi connectivity index (χ2v) is 11.1. The molecule has 2 N–H and O–H groups in total. The van der Waals surface area contributed by atoms with E-state index in [0.717, 1.165) is 0 Å². The van der Waals surface area contributed by atoms with Crippen LogP contribution in [0.5, 0.6) is 46.0 Å². The molecule has 0 spiro atoms. The molecule has 0 amide bonds. The molecule has 0 atom stereocenters. The van der Waals surface area contributed by atoms with Gasteiger partial charge in [0, 0.05) is 44.9 Å². The number of hydrogen-bond donors (Lipinski definition) is 2. The largest absolute Gasteiger partial charge is 0.504 e. The summed E-state index contributed by atoms with van der Waals surface area (Å²) in [5.74, 6) is -1.16. The van der Waals surface area contributed by atoms with Crippen LogP contribution in [0.4, 0.5) is 0 Å². The molecule has 4 aromatic rings. The van der Waals surface area contributed by atoms with Crippen molar-refractivity contribution >= 4 is 51.5 Å². The van der Waals surface area contributed by atoms with E-state index in [0.29, 0.717) is 20.8 Å². The number of ether oxygens (including phenoxy) is 4. The van der Waals surface area contributed by atoms with Crippen molar-refractivity contribution in [2.24, 2.45) is 0 Å². The maximum atomic E-state index is 12.2. The Balaban J connectivity index is 0.000000537. The third kappa shape index (κ3) is 6.70. The fraction of sp³-hybridized carbons (Fsp3) is 0.121. The predicted molar refractivity (Wildman–Crippen MR) is 168 cm³/mol. The molecule has 0 saturated heterocycles. The number of fused-ring (bicyclic) bond motifs is 2. The normalized spacial score (nSPS) is 11.0. The van der Waals surface area contributed by atoms with Crippen LogP contribution in [0.15, 0.2) is 78.9 Å². The van der Waals surface area contributed by atoms with Crippen LogP contribution in [0.25, 0.3) is 21.9 Å². The molecule has 0 radical (unpaired) electrons. The Hall–Kier alpha value is -4.30. The monoisotopic (exact) mass is 638 g/mol. The van der Waals surface area contributed by atoms with E-state index >= 15 is 0 Å². The predicted octanol–water partition coefficient (Wildman–Crippen LogP) is 10.2. The lowest BCUT2D eigenvalue weighted by Gasteiger charge is -2.23. The molecule has 0 aromatic heterocycles. The molecule has 2 aliphatic carbocycles. The van der Waals surface area contributed by atoms with Gasteiger partial charge in [0.1, 0.15) is 0 Å². The molecule has 0 heterocycles. The Kier molecular flexibility index (Phi) is 8.78. The van der Waals surface area contributed by atoms with Gasteiger partial charge in [0.25, 0.3) is 0 Å². The van der Waals surface area contributed by atoms with E-state index in [1.807, 2.05) is 13.8 Å². The standard InChI is InChI=1S/C27H21Cl3O7.C6H4/c1-13(2)34-24-18-7-4-15(28)10-19(18)25(35-14(3)31)27(37-23-9-6-17(30)12-21(23)33)26(24)36-22-8-5-16(29)11-20(22)32;1-2-6-4-3-5(1)6/h4-13,32-33H,1-3H3;1-4H. The van der Waals surface area contributed by atoms with Gasteiger partial charge in [0.2, 0.25) is 11.5 Å². The van der Waals surface area contributed by atoms with Crippen LogP contribution < -0.4 is 18.9 Å². The summed E-state index contributed by atoms with van der Waals surface area (Å²) in [5.41, 5.74) is 2.85. The molecule has 7 nitrogen and oxygen atoms in total. The van der Waals surface area contributed by atoms with Gasteiger partial charge in [-0.05, 0) is 67.4 Å². The summed E-state index contributed by atoms with van der Waals surface area (Å²) < 4.78 is 24.0. The highest BCUT2D eigenvalue weighted by atomic mass is 35.5. The summed E-state index contributed by atoms with van der Waals surface area (Å²) in [6.07, 6.45) is -0.323. The van der Waals surface area contributed by atoms with Gasteiger partial charge in [-0.15, -0.1) is 0 Å². The van der Waals surface area contributed by atoms with Crippen LogP contribution >= 0.6 is 34.8 Å². The number of aromatic hydroxyl groups is 2. The van der Waals surface area contributed by atoms with Gasteiger partial charge < -0.3 is 29.2 Å². The highest BCUT2D eigenvalue weighted by Crippen LogP contribution is 2.56. The zero-order chi connectivity index (χ0) is 30.8. The van der Waals surface area contributed by atoms with Crippen LogP contribution in [-0.4, -0.2) is 22.3 Å². The molecule has 0 aliphatic heterocycles. The number of rotatable bonds is 7. The summed E-state index contributed by atoms with van der Waals surface area (Å²) in [4.78, 5) is 12.2. The van der Waals surface area contributed by atoms with Gasteiger partial charge in [0.15, 0.2) is 34.5 Å². The van der Waals surface area contributed by atoms with Gasteiger partial charge in [-0.25, -0.2) is 0 Å². The molecule has 220 valence electrons. The lowest BCUT2D eigenvalue weighted by molar-refractivity contribution is -0.131. The summed E-state index contributed by atoms with van der Waals surface area (Å²) in [6, 6.07) is 21.9. The second-order valence-electron chi connectivity index (χ2n) is 9.77. The van der Waals surface area contributed by atoms with Crippen LogP contribution in [-0.2, 0) is 4.79 Å². The molecule has 0 unspecified atom stereocenters. The van der Waals surface area contributed by atoms with Gasteiger partial charge in [-0.3, -0.25) is 4.79 Å². The minimum absolute atomic E-state index is 0.0140. The highest BCUT2D eigenvalue weighted by Gasteiger charge is 2.29. The molecule has 0 bridgehead atoms. The topological polar surface area (TPSA) is 94.5 Å². The second kappa shape index (κ2) is 12.5. The molecular formula is C33H25Cl3O7. The minimum Gasteiger partial charge on any atom is -0.504 e. The molecule has 10 heteroatoms. The highest BCUT2D eigenvalue weighted by molar-refractivity contribution is 6.32. The van der Waals surface area contributed by atoms with E-state index in [2.05, 4.69) is 24.3 Å². The Morgan fingerprint density at radius 1 is 0.628 bits per heavy atom. The number of esters is 1. The van der Waals surface area contributed by atoms with E-state index in [4.69, 9.17) is 53.8 Å². The molecule has 6 rings (SSSR count). The van der Waals surface area contributed by atoms with Crippen molar-refractivity contribution < 1.29 is 34.0 Å². The van der Waals surface area contributed by atoms with Crippen LogP contribution in [0.1, 0.15) is 20.8 Å². The molecular weight excluding hydrogens is 615 g/mol. The van der Waals surface area contributed by atoms with E-state index in [9.17, 15) is 15.0 Å². The summed E-state index contributed by atoms with van der Waals surface area (Å²) in [5, 5.41) is 22.8. The maximum Gasteiger partial charge on any atom is 0.308 e. The smallest absolute Gasteiger partial charge is 0.308 e. The minimum atomic E-state index is -0.649. The Morgan fingerprint density at radius 3 is 1.51 bits per heavy atom. The molecule has 0 fully saturated rings. The van der Waals surface area contributed by atoms with E-state index in [-0.39, 0.29) is 57.1 Å². The van der Waals surface area contributed by atoms with Crippen LogP contribution in [0, 0.1) is 0 Å². The molecule has 4 aromatic carbocycles. The average molecular weight is 640 g/mol. The first kappa shape index (κ1) is 30.2. The third-order valence-electron chi connectivity index (χ3n) is 6.17. The van der Waals surface area contributed by atoms with Crippen LogP contribution in [0.3, 0.4) is 0 Å². The van der Waals surface area contributed by atoms with E-state index < -0.39 is 5.97 Å². The van der Waals surface area contributed by atoms with Crippen molar-refractivity contribution in [1.29, 1.82) is 0 Å². The quantitative estimate of drug-likeness (QED) is 0.133. The number of hydrogen-bond acceptors (Lipinski definition) is 7. The first-order valence-electron chi connectivity index (χ1n) is 13.1. The number of benzene rings is 5. The number of phenols is 2.